The summed E-state index contributed by atoms with van der Waals surface area (Å²) in [4.78, 5) is 0. The lowest BCUT2D eigenvalue weighted by molar-refractivity contribution is 0.539. The lowest BCUT2D eigenvalue weighted by Crippen LogP contribution is -2.26. The average Bonchev–Trinajstić information content (AvgIpc) is 2.41. The van der Waals surface area contributed by atoms with Gasteiger partial charge in [0, 0.05) is 13.1 Å². The predicted molar refractivity (Wildman–Crippen MR) is 88.5 cm³/mol. The maximum absolute atomic E-state index is 12.0. The first-order valence-electron chi connectivity index (χ1n) is 7.69. The Morgan fingerprint density at radius 1 is 1.19 bits per heavy atom. The minimum absolute atomic E-state index is 0.0502. The summed E-state index contributed by atoms with van der Waals surface area (Å²) in [5.41, 5.74) is 1.95. The predicted octanol–water partition coefficient (Wildman–Crippen LogP) is 2.65. The topological polar surface area (TPSA) is 58.2 Å². The summed E-state index contributed by atoms with van der Waals surface area (Å²) in [5, 5.41) is 3.24. The highest BCUT2D eigenvalue weighted by Crippen LogP contribution is 2.09. The highest BCUT2D eigenvalue weighted by Gasteiger charge is 2.11. The minimum atomic E-state index is -3.24. The summed E-state index contributed by atoms with van der Waals surface area (Å²) in [6.07, 6.45) is 1.93. The van der Waals surface area contributed by atoms with Gasteiger partial charge in [-0.05, 0) is 36.4 Å². The smallest absolute Gasteiger partial charge is 0.215 e. The van der Waals surface area contributed by atoms with E-state index in [1.165, 1.54) is 0 Å². The van der Waals surface area contributed by atoms with Crippen LogP contribution in [0.1, 0.15) is 44.7 Å². The molecule has 5 heteroatoms. The van der Waals surface area contributed by atoms with E-state index in [0.717, 1.165) is 37.1 Å². The molecular weight excluding hydrogens is 284 g/mol. The Bertz CT molecular complexity index is 513. The van der Waals surface area contributed by atoms with Gasteiger partial charge in [0.25, 0.3) is 0 Å². The summed E-state index contributed by atoms with van der Waals surface area (Å²) in [7, 11) is -3.24. The molecule has 1 aromatic carbocycles. The maximum Gasteiger partial charge on any atom is 0.215 e. The van der Waals surface area contributed by atoms with Crippen LogP contribution in [0.2, 0.25) is 0 Å². The second-order valence-corrected chi connectivity index (χ2v) is 7.60. The van der Waals surface area contributed by atoms with E-state index in [2.05, 4.69) is 30.8 Å². The van der Waals surface area contributed by atoms with Gasteiger partial charge in [0.05, 0.1) is 5.75 Å². The van der Waals surface area contributed by atoms with Crippen LogP contribution in [-0.2, 0) is 22.3 Å². The number of benzene rings is 1. The van der Waals surface area contributed by atoms with Crippen molar-refractivity contribution in [1.29, 1.82) is 0 Å². The van der Waals surface area contributed by atoms with Gasteiger partial charge in [-0.15, -0.1) is 0 Å². The van der Waals surface area contributed by atoms with E-state index >= 15 is 0 Å². The molecule has 2 N–H and O–H groups in total. The standard InChI is InChI=1S/C16H28N2O2S/c1-4-17-12-15-8-5-9-16(11-15)13-21(19,20)18-10-6-7-14(2)3/h5,8-9,11,14,17-18H,4,6-7,10,12-13H2,1-3H3. The van der Waals surface area contributed by atoms with Gasteiger partial charge in [-0.2, -0.15) is 0 Å². The van der Waals surface area contributed by atoms with E-state index in [9.17, 15) is 8.42 Å². The van der Waals surface area contributed by atoms with Gasteiger partial charge < -0.3 is 5.32 Å². The lowest BCUT2D eigenvalue weighted by atomic mass is 10.1. The molecule has 0 saturated carbocycles. The third-order valence-electron chi connectivity index (χ3n) is 3.21. The number of rotatable bonds is 10. The second-order valence-electron chi connectivity index (χ2n) is 5.79. The zero-order valence-corrected chi connectivity index (χ0v) is 14.2. The first kappa shape index (κ1) is 18.1. The fourth-order valence-corrected chi connectivity index (χ4v) is 3.28. The van der Waals surface area contributed by atoms with Crippen LogP contribution >= 0.6 is 0 Å². The van der Waals surface area contributed by atoms with Gasteiger partial charge in [-0.3, -0.25) is 0 Å². The Hall–Kier alpha value is -0.910. The van der Waals surface area contributed by atoms with Crippen molar-refractivity contribution in [3.05, 3.63) is 35.4 Å². The van der Waals surface area contributed by atoms with Crippen LogP contribution < -0.4 is 10.0 Å². The van der Waals surface area contributed by atoms with Gasteiger partial charge >= 0.3 is 0 Å². The van der Waals surface area contributed by atoms with E-state index in [1.54, 1.807) is 0 Å². The summed E-state index contributed by atoms with van der Waals surface area (Å²) in [5.74, 6) is 0.659. The number of hydrogen-bond acceptors (Lipinski definition) is 3. The Morgan fingerprint density at radius 2 is 1.90 bits per heavy atom. The molecule has 0 heterocycles. The molecule has 0 radical (unpaired) electrons. The van der Waals surface area contributed by atoms with Crippen molar-refractivity contribution in [1.82, 2.24) is 10.0 Å². The quantitative estimate of drug-likeness (QED) is 0.653. The first-order valence-corrected chi connectivity index (χ1v) is 9.34. The number of nitrogens with one attached hydrogen (secondary N) is 2. The normalized spacial score (nSPS) is 12.0. The summed E-state index contributed by atoms with van der Waals surface area (Å²) >= 11 is 0. The number of hydrogen-bond donors (Lipinski definition) is 2. The van der Waals surface area contributed by atoms with Crippen LogP contribution in [0.25, 0.3) is 0 Å². The zero-order valence-electron chi connectivity index (χ0n) is 13.4. The molecule has 21 heavy (non-hydrogen) atoms. The van der Waals surface area contributed by atoms with Crippen LogP contribution in [0.4, 0.5) is 0 Å². The SMILES string of the molecule is CCNCc1cccc(CS(=O)(=O)NCCCC(C)C)c1. The third kappa shape index (κ3) is 8.19. The molecule has 0 atom stereocenters. The molecule has 0 aliphatic carbocycles. The molecule has 0 amide bonds. The molecule has 4 nitrogen and oxygen atoms in total. The summed E-state index contributed by atoms with van der Waals surface area (Å²) in [6.45, 7) is 8.54. The van der Waals surface area contributed by atoms with E-state index in [1.807, 2.05) is 24.3 Å². The second kappa shape index (κ2) is 9.18. The lowest BCUT2D eigenvalue weighted by Gasteiger charge is -2.09. The molecule has 0 saturated heterocycles. The largest absolute Gasteiger partial charge is 0.313 e. The fourth-order valence-electron chi connectivity index (χ4n) is 2.11. The Balaban J connectivity index is 2.50. The van der Waals surface area contributed by atoms with Gasteiger partial charge in [0.1, 0.15) is 0 Å². The minimum Gasteiger partial charge on any atom is -0.313 e. The van der Waals surface area contributed by atoms with Crippen molar-refractivity contribution in [3.63, 3.8) is 0 Å². The highest BCUT2D eigenvalue weighted by molar-refractivity contribution is 7.88. The summed E-state index contributed by atoms with van der Waals surface area (Å²) < 4.78 is 26.8. The first-order chi connectivity index (χ1) is 9.93. The van der Waals surface area contributed by atoms with Crippen molar-refractivity contribution in [2.24, 2.45) is 5.92 Å². The molecule has 0 aromatic heterocycles. The van der Waals surface area contributed by atoms with Crippen LogP contribution in [0.15, 0.2) is 24.3 Å². The van der Waals surface area contributed by atoms with Crippen LogP contribution in [0.5, 0.6) is 0 Å². The monoisotopic (exact) mass is 312 g/mol. The summed E-state index contributed by atoms with van der Waals surface area (Å²) in [6, 6.07) is 7.74. The van der Waals surface area contributed by atoms with Gasteiger partial charge in [-0.25, -0.2) is 13.1 Å². The molecule has 0 aliphatic rings. The molecule has 1 rings (SSSR count). The zero-order chi connectivity index (χ0) is 15.7. The number of sulfonamides is 1. The van der Waals surface area contributed by atoms with Crippen LogP contribution in [0.3, 0.4) is 0 Å². The van der Waals surface area contributed by atoms with E-state index in [0.29, 0.717) is 12.5 Å². The van der Waals surface area contributed by atoms with Crippen molar-refractivity contribution in [3.8, 4) is 0 Å². The highest BCUT2D eigenvalue weighted by atomic mass is 32.2. The van der Waals surface area contributed by atoms with Crippen molar-refractivity contribution >= 4 is 10.0 Å². The van der Waals surface area contributed by atoms with Crippen LogP contribution in [-0.4, -0.2) is 21.5 Å². The Labute approximate surface area is 129 Å². The van der Waals surface area contributed by atoms with Crippen molar-refractivity contribution < 1.29 is 8.42 Å². The molecule has 0 spiro atoms. The molecular formula is C16H28N2O2S. The van der Waals surface area contributed by atoms with Crippen LogP contribution in [0, 0.1) is 5.92 Å². The van der Waals surface area contributed by atoms with Gasteiger partial charge in [0.2, 0.25) is 10.0 Å². The third-order valence-corrected chi connectivity index (χ3v) is 4.56. The van der Waals surface area contributed by atoms with Crippen molar-refractivity contribution in [2.75, 3.05) is 13.1 Å². The van der Waals surface area contributed by atoms with Crippen molar-refractivity contribution in [2.45, 2.75) is 45.9 Å². The molecule has 0 bridgehead atoms. The molecule has 1 aromatic rings. The molecule has 0 fully saturated rings. The van der Waals surface area contributed by atoms with E-state index < -0.39 is 10.0 Å². The fraction of sp³-hybridized carbons (Fsp3) is 0.625. The van der Waals surface area contributed by atoms with Gasteiger partial charge in [-0.1, -0.05) is 45.0 Å². The van der Waals surface area contributed by atoms with Gasteiger partial charge in [0.15, 0.2) is 0 Å². The maximum atomic E-state index is 12.0. The Morgan fingerprint density at radius 3 is 2.57 bits per heavy atom. The molecule has 120 valence electrons. The van der Waals surface area contributed by atoms with E-state index in [-0.39, 0.29) is 5.75 Å². The average molecular weight is 312 g/mol. The van der Waals surface area contributed by atoms with E-state index in [4.69, 9.17) is 0 Å². The molecule has 0 unspecified atom stereocenters. The molecule has 0 aliphatic heterocycles. The Kier molecular flexibility index (Phi) is 7.93.